The molecule has 0 saturated heterocycles. The van der Waals surface area contributed by atoms with Gasteiger partial charge in [-0.25, -0.2) is 0 Å². The molecule has 2 nitrogen and oxygen atoms in total. The molecular formula is C14H21NO. The standard InChI is InChI=1S/C14H21NO/c1-11(2)12-3-5-13(6-4-12)16-14-7-9-15-10-8-14/h5,7,9,11-12H,3-4,6,8,10H2,1-2H3. The molecule has 1 unspecified atom stereocenters. The minimum atomic E-state index is 0.791. The van der Waals surface area contributed by atoms with Crippen molar-refractivity contribution in [2.45, 2.75) is 39.5 Å². The fourth-order valence-corrected chi connectivity index (χ4v) is 2.25. The molecule has 2 aliphatic rings. The van der Waals surface area contributed by atoms with Gasteiger partial charge in [-0.15, -0.1) is 0 Å². The zero-order valence-electron chi connectivity index (χ0n) is 10.3. The molecule has 2 rings (SSSR count). The van der Waals surface area contributed by atoms with E-state index in [0.717, 1.165) is 37.0 Å². The van der Waals surface area contributed by atoms with E-state index in [4.69, 9.17) is 4.74 Å². The van der Waals surface area contributed by atoms with E-state index in [1.807, 2.05) is 12.3 Å². The van der Waals surface area contributed by atoms with Gasteiger partial charge in [0.05, 0.1) is 5.76 Å². The maximum Gasteiger partial charge on any atom is 0.107 e. The van der Waals surface area contributed by atoms with Crippen molar-refractivity contribution in [1.29, 1.82) is 0 Å². The van der Waals surface area contributed by atoms with Gasteiger partial charge >= 0.3 is 0 Å². The SMILES string of the molecule is CC(C)C1CC=C(OC2=CC=NCC2)CC1. The highest BCUT2D eigenvalue weighted by molar-refractivity contribution is 5.72. The first-order valence-electron chi connectivity index (χ1n) is 6.31. The topological polar surface area (TPSA) is 21.6 Å². The Morgan fingerprint density at radius 2 is 2.19 bits per heavy atom. The summed E-state index contributed by atoms with van der Waals surface area (Å²) in [6, 6.07) is 0. The van der Waals surface area contributed by atoms with Gasteiger partial charge in [-0.2, -0.15) is 0 Å². The largest absolute Gasteiger partial charge is 0.466 e. The average Bonchev–Trinajstić information content (AvgIpc) is 2.31. The molecule has 0 aromatic heterocycles. The molecule has 0 bridgehead atoms. The second-order valence-corrected chi connectivity index (χ2v) is 4.99. The molecule has 0 saturated carbocycles. The van der Waals surface area contributed by atoms with Crippen LogP contribution in [0.1, 0.15) is 39.5 Å². The maximum atomic E-state index is 5.89. The van der Waals surface area contributed by atoms with Crippen molar-refractivity contribution < 1.29 is 4.74 Å². The quantitative estimate of drug-likeness (QED) is 0.709. The third kappa shape index (κ3) is 2.97. The van der Waals surface area contributed by atoms with Crippen LogP contribution < -0.4 is 0 Å². The summed E-state index contributed by atoms with van der Waals surface area (Å²) in [6.07, 6.45) is 10.6. The smallest absolute Gasteiger partial charge is 0.107 e. The van der Waals surface area contributed by atoms with E-state index in [9.17, 15) is 0 Å². The summed E-state index contributed by atoms with van der Waals surface area (Å²) in [5, 5.41) is 0. The monoisotopic (exact) mass is 219 g/mol. The Kier molecular flexibility index (Phi) is 3.81. The van der Waals surface area contributed by atoms with Crippen molar-refractivity contribution in [3.8, 4) is 0 Å². The Hall–Kier alpha value is -1.05. The number of ether oxygens (including phenoxy) is 1. The van der Waals surface area contributed by atoms with Crippen molar-refractivity contribution in [2.24, 2.45) is 16.8 Å². The van der Waals surface area contributed by atoms with Crippen molar-refractivity contribution in [3.63, 3.8) is 0 Å². The number of hydrogen-bond donors (Lipinski definition) is 0. The zero-order valence-corrected chi connectivity index (χ0v) is 10.3. The van der Waals surface area contributed by atoms with Gasteiger partial charge in [0, 0.05) is 25.6 Å². The Balaban J connectivity index is 1.88. The van der Waals surface area contributed by atoms with E-state index in [2.05, 4.69) is 24.9 Å². The summed E-state index contributed by atoms with van der Waals surface area (Å²) in [6.45, 7) is 5.49. The summed E-state index contributed by atoms with van der Waals surface area (Å²) in [7, 11) is 0. The third-order valence-corrected chi connectivity index (χ3v) is 3.47. The number of aliphatic imine (C=N–C) groups is 1. The number of nitrogens with zero attached hydrogens (tertiary/aromatic N) is 1. The van der Waals surface area contributed by atoms with Crippen molar-refractivity contribution in [3.05, 3.63) is 23.7 Å². The van der Waals surface area contributed by atoms with Crippen LogP contribution in [0.25, 0.3) is 0 Å². The van der Waals surface area contributed by atoms with Crippen molar-refractivity contribution in [2.75, 3.05) is 6.54 Å². The van der Waals surface area contributed by atoms with Crippen LogP contribution in [-0.2, 0) is 4.74 Å². The molecule has 88 valence electrons. The number of dihydropyridines is 1. The minimum absolute atomic E-state index is 0.791. The molecule has 16 heavy (non-hydrogen) atoms. The van der Waals surface area contributed by atoms with Crippen LogP contribution in [0.15, 0.2) is 28.7 Å². The Labute approximate surface area is 98.1 Å². The van der Waals surface area contributed by atoms with Gasteiger partial charge in [0.1, 0.15) is 5.76 Å². The van der Waals surface area contributed by atoms with Crippen LogP contribution in [0.4, 0.5) is 0 Å². The molecule has 1 atom stereocenters. The summed E-state index contributed by atoms with van der Waals surface area (Å²) in [5.74, 6) is 3.87. The lowest BCUT2D eigenvalue weighted by Gasteiger charge is -2.25. The van der Waals surface area contributed by atoms with Crippen molar-refractivity contribution in [1.82, 2.24) is 0 Å². The third-order valence-electron chi connectivity index (χ3n) is 3.47. The first-order valence-corrected chi connectivity index (χ1v) is 6.31. The average molecular weight is 219 g/mol. The predicted octanol–water partition coefficient (Wildman–Crippen LogP) is 3.70. The highest BCUT2D eigenvalue weighted by Gasteiger charge is 2.18. The van der Waals surface area contributed by atoms with E-state index in [0.29, 0.717) is 0 Å². The second kappa shape index (κ2) is 5.33. The normalized spacial score (nSPS) is 25.3. The highest BCUT2D eigenvalue weighted by atomic mass is 16.5. The lowest BCUT2D eigenvalue weighted by atomic mass is 9.84. The number of hydrogen-bond acceptors (Lipinski definition) is 2. The predicted molar refractivity (Wildman–Crippen MR) is 67.4 cm³/mol. The van der Waals surface area contributed by atoms with E-state index in [1.165, 1.54) is 18.6 Å². The number of allylic oxidation sites excluding steroid dienone is 3. The van der Waals surface area contributed by atoms with Crippen molar-refractivity contribution >= 4 is 6.21 Å². The van der Waals surface area contributed by atoms with E-state index < -0.39 is 0 Å². The Morgan fingerprint density at radius 1 is 1.31 bits per heavy atom. The van der Waals surface area contributed by atoms with Gasteiger partial charge in [-0.3, -0.25) is 4.99 Å². The molecule has 0 radical (unpaired) electrons. The zero-order chi connectivity index (χ0) is 11.4. The fraction of sp³-hybridized carbons (Fsp3) is 0.643. The van der Waals surface area contributed by atoms with Gasteiger partial charge in [-0.1, -0.05) is 13.8 Å². The molecule has 1 heterocycles. The van der Waals surface area contributed by atoms with Gasteiger partial charge in [-0.05, 0) is 36.8 Å². The first kappa shape index (κ1) is 11.4. The lowest BCUT2D eigenvalue weighted by molar-refractivity contribution is 0.240. The van der Waals surface area contributed by atoms with Crippen LogP contribution in [0.2, 0.25) is 0 Å². The molecule has 0 amide bonds. The minimum Gasteiger partial charge on any atom is -0.466 e. The molecule has 1 aliphatic carbocycles. The van der Waals surface area contributed by atoms with E-state index in [1.54, 1.807) is 0 Å². The van der Waals surface area contributed by atoms with Crippen LogP contribution in [-0.4, -0.2) is 12.8 Å². The molecule has 2 heteroatoms. The summed E-state index contributed by atoms with van der Waals surface area (Å²) < 4.78 is 5.89. The Bertz CT molecular complexity index is 326. The van der Waals surface area contributed by atoms with E-state index >= 15 is 0 Å². The molecular weight excluding hydrogens is 198 g/mol. The molecule has 0 spiro atoms. The van der Waals surface area contributed by atoms with Gasteiger partial charge in [0.15, 0.2) is 0 Å². The van der Waals surface area contributed by atoms with Crippen LogP contribution >= 0.6 is 0 Å². The maximum absolute atomic E-state index is 5.89. The lowest BCUT2D eigenvalue weighted by Crippen LogP contribution is -2.13. The summed E-state index contributed by atoms with van der Waals surface area (Å²) in [5.41, 5.74) is 0. The summed E-state index contributed by atoms with van der Waals surface area (Å²) >= 11 is 0. The van der Waals surface area contributed by atoms with E-state index in [-0.39, 0.29) is 0 Å². The number of rotatable bonds is 3. The van der Waals surface area contributed by atoms with Crippen LogP contribution in [0.5, 0.6) is 0 Å². The Morgan fingerprint density at radius 3 is 2.75 bits per heavy atom. The highest BCUT2D eigenvalue weighted by Crippen LogP contribution is 2.30. The molecule has 0 N–H and O–H groups in total. The van der Waals surface area contributed by atoms with Crippen LogP contribution in [0.3, 0.4) is 0 Å². The van der Waals surface area contributed by atoms with Crippen LogP contribution in [0, 0.1) is 11.8 Å². The molecule has 0 fully saturated rings. The second-order valence-electron chi connectivity index (χ2n) is 4.99. The molecule has 1 aliphatic heterocycles. The van der Waals surface area contributed by atoms with Gasteiger partial charge in [0.25, 0.3) is 0 Å². The van der Waals surface area contributed by atoms with Gasteiger partial charge < -0.3 is 4.74 Å². The fourth-order valence-electron chi connectivity index (χ4n) is 2.25. The molecule has 0 aromatic carbocycles. The summed E-state index contributed by atoms with van der Waals surface area (Å²) in [4.78, 5) is 4.15. The first-order chi connectivity index (χ1) is 7.75. The molecule has 0 aromatic rings. The van der Waals surface area contributed by atoms with Gasteiger partial charge in [0.2, 0.25) is 0 Å².